The molecule has 2 heterocycles. The number of aliphatic hydroxyl groups excluding tert-OH is 1. The van der Waals surface area contributed by atoms with Crippen molar-refractivity contribution >= 4 is 33.2 Å². The van der Waals surface area contributed by atoms with Crippen molar-refractivity contribution in [3.05, 3.63) is 64.4 Å². The molecule has 5 N–H and O–H groups in total. The van der Waals surface area contributed by atoms with Gasteiger partial charge in [-0.15, -0.1) is 0 Å². The van der Waals surface area contributed by atoms with Crippen molar-refractivity contribution in [1.82, 2.24) is 9.62 Å². The van der Waals surface area contributed by atoms with Crippen molar-refractivity contribution in [3.8, 4) is 0 Å². The number of nitrogens with two attached hydrogens (primary N) is 1. The first-order valence-electron chi connectivity index (χ1n) is 14.1. The molecule has 3 fully saturated rings. The Morgan fingerprint density at radius 1 is 1.20 bits per heavy atom. The minimum Gasteiger partial charge on any atom is -0.393 e. The second-order valence-corrected chi connectivity index (χ2v) is 13.9. The molecule has 2 saturated heterocycles. The summed E-state index contributed by atoms with van der Waals surface area (Å²) in [5.74, 6) is -0.761. The smallest absolute Gasteiger partial charge is 0.242 e. The monoisotopic (exact) mass is 592 g/mol. The third kappa shape index (κ3) is 6.07. The quantitative estimate of drug-likeness (QED) is 0.391. The Morgan fingerprint density at radius 3 is 2.65 bits per heavy atom. The second kappa shape index (κ2) is 12.0. The Bertz CT molecular complexity index is 1320. The fourth-order valence-electron chi connectivity index (χ4n) is 6.63. The number of amides is 1. The Morgan fingerprint density at radius 2 is 1.93 bits per heavy atom. The SMILES string of the molecule is N[C@H](C(=O)Nc1cccc(F)c1CC[C@H]1CN[C@@H]2CCCS(=O)(=O)N1C2)[C@]1(c2ccc(Cl)cc2)CC[C@H](O)CC1. The van der Waals surface area contributed by atoms with Crippen LogP contribution in [0, 0.1) is 5.82 Å². The number of rotatable bonds is 7. The zero-order valence-corrected chi connectivity index (χ0v) is 24.1. The van der Waals surface area contributed by atoms with Crippen LogP contribution >= 0.6 is 11.6 Å². The van der Waals surface area contributed by atoms with E-state index in [-0.39, 0.29) is 24.3 Å². The maximum absolute atomic E-state index is 15.1. The average molecular weight is 593 g/mol. The second-order valence-electron chi connectivity index (χ2n) is 11.5. The van der Waals surface area contributed by atoms with Gasteiger partial charge in [-0.1, -0.05) is 29.8 Å². The van der Waals surface area contributed by atoms with Crippen LogP contribution in [-0.4, -0.2) is 66.8 Å². The predicted molar refractivity (Wildman–Crippen MR) is 154 cm³/mol. The van der Waals surface area contributed by atoms with Gasteiger partial charge in [0.25, 0.3) is 0 Å². The lowest BCUT2D eigenvalue weighted by Gasteiger charge is -2.43. The van der Waals surface area contributed by atoms with Crippen molar-refractivity contribution in [2.75, 3.05) is 24.2 Å². The topological polar surface area (TPSA) is 125 Å². The number of nitrogens with zero attached hydrogens (tertiary/aromatic N) is 1. The molecule has 5 rings (SSSR count). The van der Waals surface area contributed by atoms with Gasteiger partial charge < -0.3 is 21.5 Å². The van der Waals surface area contributed by atoms with E-state index in [1.54, 1.807) is 22.5 Å². The summed E-state index contributed by atoms with van der Waals surface area (Å²) < 4.78 is 42.4. The predicted octanol–water partition coefficient (Wildman–Crippen LogP) is 3.32. The van der Waals surface area contributed by atoms with Gasteiger partial charge >= 0.3 is 0 Å². The Labute approximate surface area is 240 Å². The lowest BCUT2D eigenvalue weighted by molar-refractivity contribution is -0.119. The number of sulfonamides is 1. The molecule has 0 aromatic heterocycles. The van der Waals surface area contributed by atoms with Crippen molar-refractivity contribution in [1.29, 1.82) is 0 Å². The lowest BCUT2D eigenvalue weighted by Crippen LogP contribution is -2.57. The summed E-state index contributed by atoms with van der Waals surface area (Å²) in [6.45, 7) is 0.949. The van der Waals surface area contributed by atoms with E-state index in [2.05, 4.69) is 10.6 Å². The van der Waals surface area contributed by atoms with Gasteiger partial charge in [-0.25, -0.2) is 12.8 Å². The number of benzene rings is 2. The highest BCUT2D eigenvalue weighted by Gasteiger charge is 2.45. The molecule has 1 amide bonds. The van der Waals surface area contributed by atoms with Crippen LogP contribution in [0.2, 0.25) is 5.02 Å². The standard InChI is InChI=1S/C29H38ClFN4O4S/c30-20-8-6-19(7-9-20)29(14-12-23(36)13-15-29)27(32)28(37)34-26-5-1-4-25(31)24(26)11-10-22-17-33-21-3-2-16-40(38,39)35(22)18-21/h1,4-9,21-23,27,33,36H,2-3,10-18,32H2,(H,34,37)/t21-,22+,23-,27-,29+/m1/s1. The number of carbonyl (C=O) groups excluding carboxylic acids is 1. The van der Waals surface area contributed by atoms with Crippen molar-refractivity contribution in [3.63, 3.8) is 0 Å². The number of hydrogen-bond donors (Lipinski definition) is 4. The van der Waals surface area contributed by atoms with Gasteiger partial charge in [-0.2, -0.15) is 4.31 Å². The number of fused-ring (bicyclic) bond motifs is 2. The summed E-state index contributed by atoms with van der Waals surface area (Å²) >= 11 is 6.11. The summed E-state index contributed by atoms with van der Waals surface area (Å²) in [5.41, 5.74) is 7.51. The molecule has 1 unspecified atom stereocenters. The highest BCUT2D eigenvalue weighted by Crippen LogP contribution is 2.42. The molecule has 40 heavy (non-hydrogen) atoms. The molecule has 1 saturated carbocycles. The van der Waals surface area contributed by atoms with E-state index in [0.717, 1.165) is 12.0 Å². The number of nitrogens with one attached hydrogen (secondary N) is 2. The fraction of sp³-hybridized carbons (Fsp3) is 0.552. The van der Waals surface area contributed by atoms with Gasteiger partial charge in [-0.05, 0) is 81.2 Å². The normalized spacial score (nSPS) is 30.7. The van der Waals surface area contributed by atoms with E-state index in [1.807, 2.05) is 12.1 Å². The van der Waals surface area contributed by atoms with Crippen LogP contribution in [0.15, 0.2) is 42.5 Å². The largest absolute Gasteiger partial charge is 0.393 e. The Balaban J connectivity index is 1.34. The van der Waals surface area contributed by atoms with Crippen molar-refractivity contribution in [2.45, 2.75) is 81.0 Å². The van der Waals surface area contributed by atoms with Crippen molar-refractivity contribution < 1.29 is 22.7 Å². The third-order valence-electron chi connectivity index (χ3n) is 9.01. The molecule has 4 atom stereocenters. The van der Waals surface area contributed by atoms with E-state index in [9.17, 15) is 18.3 Å². The Hall–Kier alpha value is -2.08. The number of hydrogen-bond acceptors (Lipinski definition) is 6. The number of aliphatic hydroxyl groups is 1. The number of piperazine rings is 1. The van der Waals surface area contributed by atoms with Gasteiger partial charge in [0.05, 0.1) is 17.9 Å². The van der Waals surface area contributed by atoms with E-state index in [4.69, 9.17) is 17.3 Å². The molecular weight excluding hydrogens is 555 g/mol. The summed E-state index contributed by atoms with van der Waals surface area (Å²) in [7, 11) is -3.36. The van der Waals surface area contributed by atoms with Crippen LogP contribution in [0.3, 0.4) is 0 Å². The van der Waals surface area contributed by atoms with E-state index >= 15 is 4.39 Å². The van der Waals surface area contributed by atoms with Crippen molar-refractivity contribution in [2.24, 2.45) is 5.73 Å². The molecule has 2 bridgehead atoms. The summed E-state index contributed by atoms with van der Waals surface area (Å²) in [6.07, 6.45) is 3.78. The molecule has 2 aromatic carbocycles. The van der Waals surface area contributed by atoms with Gasteiger partial charge in [0, 0.05) is 46.9 Å². The molecular formula is C29H38ClFN4O4S. The van der Waals surface area contributed by atoms with Crippen LogP contribution in [0.5, 0.6) is 0 Å². The Kier molecular flexibility index (Phi) is 8.85. The number of halogens is 2. The van der Waals surface area contributed by atoms with E-state index in [1.165, 1.54) is 12.1 Å². The van der Waals surface area contributed by atoms with E-state index in [0.29, 0.717) is 67.9 Å². The molecule has 218 valence electrons. The lowest BCUT2D eigenvalue weighted by atomic mass is 9.64. The minimum atomic E-state index is -3.36. The maximum atomic E-state index is 15.1. The highest BCUT2D eigenvalue weighted by molar-refractivity contribution is 7.89. The van der Waals surface area contributed by atoms with Gasteiger partial charge in [0.1, 0.15) is 5.82 Å². The average Bonchev–Trinajstić information content (AvgIpc) is 3.05. The molecule has 0 radical (unpaired) electrons. The zero-order chi connectivity index (χ0) is 28.5. The molecule has 11 heteroatoms. The van der Waals surface area contributed by atoms with Crippen LogP contribution in [0.1, 0.15) is 56.1 Å². The maximum Gasteiger partial charge on any atom is 0.242 e. The van der Waals surface area contributed by atoms with Crippen LogP contribution in [0.4, 0.5) is 10.1 Å². The zero-order valence-electron chi connectivity index (χ0n) is 22.5. The third-order valence-corrected chi connectivity index (χ3v) is 11.2. The van der Waals surface area contributed by atoms with Crippen LogP contribution in [-0.2, 0) is 26.7 Å². The fourth-order valence-corrected chi connectivity index (χ4v) is 8.56. The number of anilines is 1. The molecule has 2 aromatic rings. The molecule has 3 aliphatic rings. The first-order chi connectivity index (χ1) is 19.1. The summed E-state index contributed by atoms with van der Waals surface area (Å²) in [4.78, 5) is 13.6. The van der Waals surface area contributed by atoms with Crippen LogP contribution < -0.4 is 16.4 Å². The van der Waals surface area contributed by atoms with Gasteiger partial charge in [-0.3, -0.25) is 4.79 Å². The molecule has 1 aliphatic carbocycles. The summed E-state index contributed by atoms with van der Waals surface area (Å²) in [6, 6.07) is 10.7. The first-order valence-corrected chi connectivity index (χ1v) is 16.1. The summed E-state index contributed by atoms with van der Waals surface area (Å²) in [5, 5.41) is 17.1. The van der Waals surface area contributed by atoms with Gasteiger partial charge in [0.2, 0.25) is 15.9 Å². The van der Waals surface area contributed by atoms with E-state index < -0.39 is 39.3 Å². The molecule has 2 aliphatic heterocycles. The molecule has 8 nitrogen and oxygen atoms in total. The first kappa shape index (κ1) is 29.4. The minimum absolute atomic E-state index is 0.132. The van der Waals surface area contributed by atoms with Gasteiger partial charge in [0.15, 0.2) is 0 Å². The highest BCUT2D eigenvalue weighted by atomic mass is 35.5. The molecule has 0 spiro atoms. The van der Waals surface area contributed by atoms with Crippen LogP contribution in [0.25, 0.3) is 0 Å². The number of carbonyl (C=O) groups is 1.